The minimum absolute atomic E-state index is 0.395. The lowest BCUT2D eigenvalue weighted by molar-refractivity contribution is 0.0817. The lowest BCUT2D eigenvalue weighted by Crippen LogP contribution is -2.14. The van der Waals surface area contributed by atoms with E-state index >= 15 is 0 Å². The quantitative estimate of drug-likeness (QED) is 0.592. The summed E-state index contributed by atoms with van der Waals surface area (Å²) in [6.45, 7) is 3.73. The average molecular weight is 223 g/mol. The van der Waals surface area contributed by atoms with Gasteiger partial charge < -0.3 is 0 Å². The summed E-state index contributed by atoms with van der Waals surface area (Å²) in [5, 5.41) is 0. The Bertz CT molecular complexity index is 539. The number of benzene rings is 2. The average Bonchev–Trinajstić information content (AvgIpc) is 2.39. The van der Waals surface area contributed by atoms with Crippen molar-refractivity contribution in [2.75, 3.05) is 0 Å². The SMILES string of the molecule is [CH2]c1ccc(C(=O)C(=O)c2ccccc2)cc1. The molecular weight excluding hydrogens is 212 g/mol. The number of ketones is 2. The fourth-order valence-electron chi connectivity index (χ4n) is 1.51. The van der Waals surface area contributed by atoms with Crippen LogP contribution in [0.4, 0.5) is 0 Å². The topological polar surface area (TPSA) is 34.1 Å². The minimum atomic E-state index is -0.490. The number of rotatable bonds is 3. The number of hydrogen-bond donors (Lipinski definition) is 0. The maximum Gasteiger partial charge on any atom is 0.233 e. The molecule has 2 aromatic rings. The molecule has 0 aliphatic carbocycles. The molecule has 0 unspecified atom stereocenters. The van der Waals surface area contributed by atoms with E-state index in [1.54, 1.807) is 54.6 Å². The molecule has 0 amide bonds. The predicted octanol–water partition coefficient (Wildman–Crippen LogP) is 2.93. The van der Waals surface area contributed by atoms with E-state index in [-0.39, 0.29) is 0 Å². The second kappa shape index (κ2) is 4.74. The molecule has 2 nitrogen and oxygen atoms in total. The first-order valence-electron chi connectivity index (χ1n) is 5.24. The van der Waals surface area contributed by atoms with Gasteiger partial charge in [0, 0.05) is 11.1 Å². The molecule has 0 saturated heterocycles. The van der Waals surface area contributed by atoms with Crippen molar-refractivity contribution < 1.29 is 9.59 Å². The Morgan fingerprint density at radius 1 is 0.706 bits per heavy atom. The third-order valence-electron chi connectivity index (χ3n) is 2.46. The lowest BCUT2D eigenvalue weighted by Gasteiger charge is -2.01. The Balaban J connectivity index is 2.27. The highest BCUT2D eigenvalue weighted by atomic mass is 16.2. The van der Waals surface area contributed by atoms with Gasteiger partial charge in [0.1, 0.15) is 0 Å². The highest BCUT2D eigenvalue weighted by molar-refractivity contribution is 6.49. The Morgan fingerprint density at radius 2 is 1.18 bits per heavy atom. The van der Waals surface area contributed by atoms with Gasteiger partial charge in [-0.05, 0) is 12.5 Å². The minimum Gasteiger partial charge on any atom is -0.285 e. The van der Waals surface area contributed by atoms with Crippen LogP contribution < -0.4 is 0 Å². The van der Waals surface area contributed by atoms with Gasteiger partial charge in [0.15, 0.2) is 0 Å². The first kappa shape index (κ1) is 11.3. The first-order valence-corrected chi connectivity index (χ1v) is 5.24. The zero-order valence-corrected chi connectivity index (χ0v) is 9.22. The van der Waals surface area contributed by atoms with E-state index in [1.165, 1.54) is 0 Å². The highest BCUT2D eigenvalue weighted by Crippen LogP contribution is 2.09. The van der Waals surface area contributed by atoms with Gasteiger partial charge >= 0.3 is 0 Å². The van der Waals surface area contributed by atoms with E-state index in [0.29, 0.717) is 11.1 Å². The maximum absolute atomic E-state index is 11.9. The Kier molecular flexibility index (Phi) is 3.15. The molecule has 83 valence electrons. The second-order valence-corrected chi connectivity index (χ2v) is 3.72. The van der Waals surface area contributed by atoms with Gasteiger partial charge in [-0.2, -0.15) is 0 Å². The summed E-state index contributed by atoms with van der Waals surface area (Å²) in [6, 6.07) is 15.2. The van der Waals surface area contributed by atoms with Crippen LogP contribution in [0.1, 0.15) is 26.3 Å². The summed E-state index contributed by atoms with van der Waals surface area (Å²) in [5.41, 5.74) is 1.62. The van der Waals surface area contributed by atoms with Crippen LogP contribution in [0.3, 0.4) is 0 Å². The Hall–Kier alpha value is -2.22. The van der Waals surface area contributed by atoms with Crippen molar-refractivity contribution in [3.63, 3.8) is 0 Å². The Morgan fingerprint density at radius 3 is 1.71 bits per heavy atom. The fraction of sp³-hybridized carbons (Fsp3) is 0. The summed E-state index contributed by atoms with van der Waals surface area (Å²) in [4.78, 5) is 23.8. The second-order valence-electron chi connectivity index (χ2n) is 3.72. The summed E-state index contributed by atoms with van der Waals surface area (Å²) in [7, 11) is 0. The molecule has 0 aromatic heterocycles. The van der Waals surface area contributed by atoms with E-state index in [4.69, 9.17) is 0 Å². The number of carbonyl (C=O) groups excluding carboxylic acids is 2. The standard InChI is InChI=1S/C15H11O2/c1-11-7-9-13(10-8-11)15(17)14(16)12-5-3-2-4-6-12/h2-10H,1H2. The summed E-state index contributed by atoms with van der Waals surface area (Å²) < 4.78 is 0. The third-order valence-corrected chi connectivity index (χ3v) is 2.46. The fourth-order valence-corrected chi connectivity index (χ4v) is 1.51. The van der Waals surface area contributed by atoms with Crippen LogP contribution in [0.15, 0.2) is 54.6 Å². The van der Waals surface area contributed by atoms with Crippen molar-refractivity contribution in [1.29, 1.82) is 0 Å². The van der Waals surface area contributed by atoms with Gasteiger partial charge in [-0.25, -0.2) is 0 Å². The molecule has 0 N–H and O–H groups in total. The first-order chi connectivity index (χ1) is 8.18. The van der Waals surface area contributed by atoms with Crippen LogP contribution in [0, 0.1) is 6.92 Å². The Labute approximate surface area is 99.9 Å². The van der Waals surface area contributed by atoms with Crippen LogP contribution >= 0.6 is 0 Å². The molecular formula is C15H11O2. The van der Waals surface area contributed by atoms with Gasteiger partial charge in [-0.15, -0.1) is 0 Å². The summed E-state index contributed by atoms with van der Waals surface area (Å²) in [6.07, 6.45) is 0. The number of hydrogen-bond acceptors (Lipinski definition) is 2. The summed E-state index contributed by atoms with van der Waals surface area (Å²) in [5.74, 6) is -0.974. The van der Waals surface area contributed by atoms with E-state index in [0.717, 1.165) is 5.56 Å². The van der Waals surface area contributed by atoms with Gasteiger partial charge in [0.05, 0.1) is 0 Å². The highest BCUT2D eigenvalue weighted by Gasteiger charge is 2.17. The van der Waals surface area contributed by atoms with Crippen molar-refractivity contribution in [1.82, 2.24) is 0 Å². The molecule has 0 saturated carbocycles. The van der Waals surface area contributed by atoms with Gasteiger partial charge in [0.25, 0.3) is 0 Å². The molecule has 0 aliphatic rings. The molecule has 0 aliphatic heterocycles. The van der Waals surface area contributed by atoms with Crippen molar-refractivity contribution >= 4 is 11.6 Å². The molecule has 1 radical (unpaired) electrons. The zero-order valence-electron chi connectivity index (χ0n) is 9.22. The lowest BCUT2D eigenvalue weighted by atomic mass is 10.0. The van der Waals surface area contributed by atoms with Gasteiger partial charge in [-0.3, -0.25) is 9.59 Å². The smallest absolute Gasteiger partial charge is 0.233 e. The zero-order chi connectivity index (χ0) is 12.3. The molecule has 0 fully saturated rings. The molecule has 17 heavy (non-hydrogen) atoms. The summed E-state index contributed by atoms with van der Waals surface area (Å²) >= 11 is 0. The molecule has 2 aromatic carbocycles. The number of Topliss-reactive ketones (excluding diaryl/α,β-unsaturated/α-hetero) is 2. The monoisotopic (exact) mass is 223 g/mol. The van der Waals surface area contributed by atoms with Gasteiger partial charge in [-0.1, -0.05) is 54.6 Å². The van der Waals surface area contributed by atoms with Crippen molar-refractivity contribution in [3.8, 4) is 0 Å². The van der Waals surface area contributed by atoms with Crippen molar-refractivity contribution in [3.05, 3.63) is 78.2 Å². The normalized spacial score (nSPS) is 9.94. The van der Waals surface area contributed by atoms with Crippen LogP contribution in [-0.2, 0) is 0 Å². The molecule has 0 atom stereocenters. The predicted molar refractivity (Wildman–Crippen MR) is 66.0 cm³/mol. The molecule has 2 heteroatoms. The van der Waals surface area contributed by atoms with Gasteiger partial charge in [0.2, 0.25) is 11.6 Å². The van der Waals surface area contributed by atoms with Crippen LogP contribution in [0.5, 0.6) is 0 Å². The largest absolute Gasteiger partial charge is 0.285 e. The number of carbonyl (C=O) groups is 2. The van der Waals surface area contributed by atoms with Crippen molar-refractivity contribution in [2.24, 2.45) is 0 Å². The van der Waals surface area contributed by atoms with E-state index < -0.39 is 11.6 Å². The third kappa shape index (κ3) is 2.48. The van der Waals surface area contributed by atoms with E-state index in [9.17, 15) is 9.59 Å². The molecule has 0 spiro atoms. The van der Waals surface area contributed by atoms with Crippen molar-refractivity contribution in [2.45, 2.75) is 0 Å². The molecule has 2 rings (SSSR count). The van der Waals surface area contributed by atoms with E-state index in [2.05, 4.69) is 6.92 Å². The molecule has 0 bridgehead atoms. The van der Waals surface area contributed by atoms with E-state index in [1.807, 2.05) is 0 Å². The van der Waals surface area contributed by atoms with Crippen LogP contribution in [-0.4, -0.2) is 11.6 Å². The molecule has 0 heterocycles. The van der Waals surface area contributed by atoms with Crippen LogP contribution in [0.25, 0.3) is 0 Å². The van der Waals surface area contributed by atoms with Crippen LogP contribution in [0.2, 0.25) is 0 Å². The maximum atomic E-state index is 11.9.